The molecule has 2 aromatic carbocycles. The molecule has 2 aromatic rings. The van der Waals surface area contributed by atoms with Crippen molar-refractivity contribution in [2.75, 3.05) is 33.4 Å². The van der Waals surface area contributed by atoms with E-state index in [0.29, 0.717) is 31.9 Å². The lowest BCUT2D eigenvalue weighted by atomic mass is 10.2. The molecule has 0 aliphatic rings. The molecule has 0 bridgehead atoms. The summed E-state index contributed by atoms with van der Waals surface area (Å²) >= 11 is 0. The molecule has 0 saturated carbocycles. The fourth-order valence-corrected chi connectivity index (χ4v) is 2.11. The van der Waals surface area contributed by atoms with Gasteiger partial charge in [-0.25, -0.2) is 0 Å². The number of amides is 1. The highest BCUT2D eigenvalue weighted by Gasteiger charge is 2.05. The number of benzene rings is 2. The molecule has 0 atom stereocenters. The number of nitrogens with one attached hydrogen (secondary N) is 2. The number of rotatable bonds is 10. The molecule has 0 aromatic heterocycles. The summed E-state index contributed by atoms with van der Waals surface area (Å²) in [5, 5.41) is 6.04. The Bertz CT molecular complexity index is 600. The van der Waals surface area contributed by atoms with Crippen LogP contribution in [0, 0.1) is 0 Å². The minimum absolute atomic E-state index is 0.0850. The monoisotopic (exact) mass is 328 g/mol. The van der Waals surface area contributed by atoms with Gasteiger partial charge in [-0.05, 0) is 29.8 Å². The van der Waals surface area contributed by atoms with Crippen molar-refractivity contribution in [3.05, 3.63) is 65.7 Å². The molecule has 128 valence electrons. The lowest BCUT2D eigenvalue weighted by Crippen LogP contribution is -2.33. The molecule has 0 aliphatic heterocycles. The van der Waals surface area contributed by atoms with Gasteiger partial charge in [0, 0.05) is 32.3 Å². The lowest BCUT2D eigenvalue weighted by molar-refractivity contribution is 0.0953. The van der Waals surface area contributed by atoms with E-state index in [1.165, 1.54) is 0 Å². The Balaban J connectivity index is 1.71. The van der Waals surface area contributed by atoms with Gasteiger partial charge in [-0.15, -0.1) is 0 Å². The molecule has 1 amide bonds. The number of ether oxygens (including phenoxy) is 2. The molecule has 24 heavy (non-hydrogen) atoms. The highest BCUT2D eigenvalue weighted by molar-refractivity contribution is 5.94. The summed E-state index contributed by atoms with van der Waals surface area (Å²) in [4.78, 5) is 12.0. The van der Waals surface area contributed by atoms with E-state index in [1.54, 1.807) is 19.2 Å². The Morgan fingerprint density at radius 3 is 2.42 bits per heavy atom. The van der Waals surface area contributed by atoms with Crippen LogP contribution < -0.4 is 15.4 Å². The average molecular weight is 328 g/mol. The zero-order chi connectivity index (χ0) is 17.0. The summed E-state index contributed by atoms with van der Waals surface area (Å²) in [6.07, 6.45) is 0. The summed E-state index contributed by atoms with van der Waals surface area (Å²) < 4.78 is 10.6. The Morgan fingerprint density at radius 2 is 1.71 bits per heavy atom. The standard InChI is InChI=1S/C19H24N2O3/c1-23-14-13-20-11-12-21-19(22)17-7-9-18(10-8-17)24-15-16-5-3-2-4-6-16/h2-10,20H,11-15H2,1H3,(H,21,22). The van der Waals surface area contributed by atoms with Crippen molar-refractivity contribution >= 4 is 5.91 Å². The Kier molecular flexibility index (Phi) is 7.80. The van der Waals surface area contributed by atoms with Crippen LogP contribution >= 0.6 is 0 Å². The van der Waals surface area contributed by atoms with Gasteiger partial charge in [0.05, 0.1) is 6.61 Å². The van der Waals surface area contributed by atoms with E-state index < -0.39 is 0 Å². The zero-order valence-corrected chi connectivity index (χ0v) is 14.0. The van der Waals surface area contributed by atoms with E-state index in [1.807, 2.05) is 42.5 Å². The predicted octanol–water partition coefficient (Wildman–Crippen LogP) is 2.23. The summed E-state index contributed by atoms with van der Waals surface area (Å²) in [5.41, 5.74) is 1.74. The van der Waals surface area contributed by atoms with Gasteiger partial charge in [0.2, 0.25) is 0 Å². The molecular formula is C19H24N2O3. The van der Waals surface area contributed by atoms with Gasteiger partial charge >= 0.3 is 0 Å². The maximum atomic E-state index is 12.0. The van der Waals surface area contributed by atoms with Crippen molar-refractivity contribution in [1.29, 1.82) is 0 Å². The van der Waals surface area contributed by atoms with Crippen molar-refractivity contribution in [2.24, 2.45) is 0 Å². The number of methoxy groups -OCH3 is 1. The highest BCUT2D eigenvalue weighted by Crippen LogP contribution is 2.14. The number of carbonyl (C=O) groups excluding carboxylic acids is 1. The average Bonchev–Trinajstić information content (AvgIpc) is 2.64. The molecule has 2 N–H and O–H groups in total. The van der Waals surface area contributed by atoms with E-state index in [0.717, 1.165) is 17.9 Å². The van der Waals surface area contributed by atoms with Gasteiger partial charge in [0.25, 0.3) is 5.91 Å². The zero-order valence-electron chi connectivity index (χ0n) is 14.0. The Labute approximate surface area is 143 Å². The van der Waals surface area contributed by atoms with Gasteiger partial charge in [-0.3, -0.25) is 4.79 Å². The van der Waals surface area contributed by atoms with Crippen molar-refractivity contribution in [2.45, 2.75) is 6.61 Å². The first-order valence-corrected chi connectivity index (χ1v) is 8.04. The fraction of sp³-hybridized carbons (Fsp3) is 0.316. The van der Waals surface area contributed by atoms with Crippen LogP contribution in [0.1, 0.15) is 15.9 Å². The van der Waals surface area contributed by atoms with Gasteiger partial charge in [-0.1, -0.05) is 30.3 Å². The lowest BCUT2D eigenvalue weighted by Gasteiger charge is -2.08. The smallest absolute Gasteiger partial charge is 0.251 e. The number of hydrogen-bond acceptors (Lipinski definition) is 4. The normalized spacial score (nSPS) is 10.4. The van der Waals surface area contributed by atoms with Crippen LogP contribution in [-0.2, 0) is 11.3 Å². The summed E-state index contributed by atoms with van der Waals surface area (Å²) in [5.74, 6) is 0.662. The molecule has 0 fully saturated rings. The molecule has 5 heteroatoms. The van der Waals surface area contributed by atoms with Gasteiger partial charge in [-0.2, -0.15) is 0 Å². The molecule has 0 spiro atoms. The van der Waals surface area contributed by atoms with Gasteiger partial charge < -0.3 is 20.1 Å². The van der Waals surface area contributed by atoms with Gasteiger partial charge in [0.1, 0.15) is 12.4 Å². The van der Waals surface area contributed by atoms with Crippen LogP contribution in [0.2, 0.25) is 0 Å². The van der Waals surface area contributed by atoms with E-state index in [9.17, 15) is 4.79 Å². The van der Waals surface area contributed by atoms with Crippen LogP contribution in [0.3, 0.4) is 0 Å². The first-order valence-electron chi connectivity index (χ1n) is 8.04. The topological polar surface area (TPSA) is 59.6 Å². The van der Waals surface area contributed by atoms with Crippen molar-refractivity contribution in [3.63, 3.8) is 0 Å². The SMILES string of the molecule is COCCNCCNC(=O)c1ccc(OCc2ccccc2)cc1. The van der Waals surface area contributed by atoms with Crippen molar-refractivity contribution < 1.29 is 14.3 Å². The van der Waals surface area contributed by atoms with E-state index in [-0.39, 0.29) is 5.91 Å². The second-order valence-corrected chi connectivity index (χ2v) is 5.30. The third-order valence-corrected chi connectivity index (χ3v) is 3.44. The summed E-state index contributed by atoms with van der Waals surface area (Å²) in [6, 6.07) is 17.1. The van der Waals surface area contributed by atoms with Crippen molar-refractivity contribution in [3.8, 4) is 5.75 Å². The minimum atomic E-state index is -0.0850. The first kappa shape index (κ1) is 18.0. The third-order valence-electron chi connectivity index (χ3n) is 3.44. The van der Waals surface area contributed by atoms with Crippen LogP contribution in [0.4, 0.5) is 0 Å². The second kappa shape index (κ2) is 10.4. The minimum Gasteiger partial charge on any atom is -0.489 e. The number of carbonyl (C=O) groups is 1. The molecular weight excluding hydrogens is 304 g/mol. The Hall–Kier alpha value is -2.37. The first-order chi connectivity index (χ1) is 11.8. The second-order valence-electron chi connectivity index (χ2n) is 5.30. The fourth-order valence-electron chi connectivity index (χ4n) is 2.11. The van der Waals surface area contributed by atoms with E-state index >= 15 is 0 Å². The molecule has 5 nitrogen and oxygen atoms in total. The molecule has 0 heterocycles. The molecule has 0 aliphatic carbocycles. The van der Waals surface area contributed by atoms with Crippen LogP contribution in [-0.4, -0.2) is 39.3 Å². The molecule has 0 unspecified atom stereocenters. The largest absolute Gasteiger partial charge is 0.489 e. The maximum absolute atomic E-state index is 12.0. The van der Waals surface area contributed by atoms with E-state index in [2.05, 4.69) is 10.6 Å². The quantitative estimate of drug-likeness (QED) is 0.657. The maximum Gasteiger partial charge on any atom is 0.251 e. The predicted molar refractivity (Wildman–Crippen MR) is 94.3 cm³/mol. The number of hydrogen-bond donors (Lipinski definition) is 2. The van der Waals surface area contributed by atoms with E-state index in [4.69, 9.17) is 9.47 Å². The van der Waals surface area contributed by atoms with Crippen molar-refractivity contribution in [1.82, 2.24) is 10.6 Å². The molecule has 0 radical (unpaired) electrons. The Morgan fingerprint density at radius 1 is 0.958 bits per heavy atom. The van der Waals surface area contributed by atoms with Crippen LogP contribution in [0.5, 0.6) is 5.75 Å². The molecule has 0 saturated heterocycles. The third kappa shape index (κ3) is 6.40. The molecule has 2 rings (SSSR count). The van der Waals surface area contributed by atoms with Crippen LogP contribution in [0.25, 0.3) is 0 Å². The van der Waals surface area contributed by atoms with Crippen LogP contribution in [0.15, 0.2) is 54.6 Å². The van der Waals surface area contributed by atoms with Gasteiger partial charge in [0.15, 0.2) is 0 Å². The highest BCUT2D eigenvalue weighted by atomic mass is 16.5. The summed E-state index contributed by atoms with van der Waals surface area (Å²) in [7, 11) is 1.66. The summed E-state index contributed by atoms with van der Waals surface area (Å²) in [6.45, 7) is 3.25.